The van der Waals surface area contributed by atoms with E-state index in [2.05, 4.69) is 15.6 Å². The number of benzene rings is 1. The Hall–Kier alpha value is -2.07. The molecule has 1 heterocycles. The summed E-state index contributed by atoms with van der Waals surface area (Å²) in [6, 6.07) is 9.28. The van der Waals surface area contributed by atoms with Gasteiger partial charge in [-0.1, -0.05) is 29.8 Å². The Kier molecular flexibility index (Phi) is 4.81. The van der Waals surface area contributed by atoms with Crippen LogP contribution in [0.15, 0.2) is 30.3 Å². The van der Waals surface area contributed by atoms with Gasteiger partial charge in [-0.2, -0.15) is 0 Å². The summed E-state index contributed by atoms with van der Waals surface area (Å²) in [5, 5.41) is 6.29. The number of hydrogen-bond donors (Lipinski definition) is 2. The number of carbonyl (C=O) groups is 1. The molecule has 0 spiro atoms. The molecule has 0 aliphatic rings. The van der Waals surface area contributed by atoms with E-state index in [4.69, 9.17) is 11.6 Å². The second-order valence-electron chi connectivity index (χ2n) is 4.78. The number of aromatic nitrogens is 1. The first-order chi connectivity index (χ1) is 10.0. The van der Waals surface area contributed by atoms with Gasteiger partial charge in [-0.3, -0.25) is 4.79 Å². The largest absolute Gasteiger partial charge is 0.370 e. The molecular weight excluding hydrogens is 286 g/mol. The Bertz CT molecular complexity index is 650. The number of aryl methyl sites for hydroxylation is 2. The lowest BCUT2D eigenvalue weighted by Gasteiger charge is -2.12. The second-order valence-corrected chi connectivity index (χ2v) is 5.19. The molecule has 2 aromatic rings. The Balaban J connectivity index is 2.30. The Morgan fingerprint density at radius 2 is 1.86 bits per heavy atom. The quantitative estimate of drug-likeness (QED) is 0.896. The number of pyridine rings is 1. The van der Waals surface area contributed by atoms with Crippen LogP contribution in [-0.2, 0) is 0 Å². The molecule has 21 heavy (non-hydrogen) atoms. The number of hydrogen-bond acceptors (Lipinski definition) is 3. The van der Waals surface area contributed by atoms with E-state index in [9.17, 15) is 4.79 Å². The van der Waals surface area contributed by atoms with Gasteiger partial charge < -0.3 is 10.6 Å². The van der Waals surface area contributed by atoms with E-state index >= 15 is 0 Å². The van der Waals surface area contributed by atoms with Gasteiger partial charge in [0, 0.05) is 12.2 Å². The van der Waals surface area contributed by atoms with Crippen molar-refractivity contribution in [2.24, 2.45) is 0 Å². The van der Waals surface area contributed by atoms with E-state index in [1.54, 1.807) is 12.1 Å². The van der Waals surface area contributed by atoms with Crippen molar-refractivity contribution < 1.29 is 4.79 Å². The van der Waals surface area contributed by atoms with Crippen molar-refractivity contribution in [3.05, 3.63) is 52.2 Å². The summed E-state index contributed by atoms with van der Waals surface area (Å²) < 4.78 is 0. The highest BCUT2D eigenvalue weighted by molar-refractivity contribution is 6.34. The molecule has 0 saturated carbocycles. The van der Waals surface area contributed by atoms with Crippen LogP contribution in [0.3, 0.4) is 0 Å². The molecule has 1 aromatic heterocycles. The third kappa shape index (κ3) is 3.52. The highest BCUT2D eigenvalue weighted by Crippen LogP contribution is 2.22. The number of nitrogens with zero attached hydrogens (tertiary/aromatic N) is 1. The summed E-state index contributed by atoms with van der Waals surface area (Å²) in [5.41, 5.74) is 3.02. The molecule has 0 aliphatic heterocycles. The lowest BCUT2D eigenvalue weighted by molar-refractivity contribution is 0.102. The molecule has 1 amide bonds. The van der Waals surface area contributed by atoms with Crippen molar-refractivity contribution in [1.29, 1.82) is 0 Å². The minimum absolute atomic E-state index is 0.220. The first kappa shape index (κ1) is 15.3. The van der Waals surface area contributed by atoms with Crippen molar-refractivity contribution in [2.45, 2.75) is 20.8 Å². The Morgan fingerprint density at radius 1 is 1.19 bits per heavy atom. The van der Waals surface area contributed by atoms with E-state index < -0.39 is 0 Å². The molecule has 110 valence electrons. The number of para-hydroxylation sites is 1. The summed E-state index contributed by atoms with van der Waals surface area (Å²) in [4.78, 5) is 16.7. The summed E-state index contributed by atoms with van der Waals surface area (Å²) in [6.45, 7) is 6.60. The first-order valence-corrected chi connectivity index (χ1v) is 7.18. The van der Waals surface area contributed by atoms with Gasteiger partial charge in [-0.25, -0.2) is 4.98 Å². The number of nitrogens with one attached hydrogen (secondary N) is 2. The fourth-order valence-electron chi connectivity index (χ4n) is 2.07. The van der Waals surface area contributed by atoms with E-state index in [1.165, 1.54) is 0 Å². The van der Waals surface area contributed by atoms with Gasteiger partial charge >= 0.3 is 0 Å². The molecule has 0 fully saturated rings. The van der Waals surface area contributed by atoms with Crippen molar-refractivity contribution in [1.82, 2.24) is 4.98 Å². The number of amides is 1. The van der Waals surface area contributed by atoms with Crippen LogP contribution in [0.25, 0.3) is 0 Å². The first-order valence-electron chi connectivity index (χ1n) is 6.81. The number of carbonyl (C=O) groups excluding carboxylic acids is 1. The lowest BCUT2D eigenvalue weighted by Crippen LogP contribution is -2.16. The van der Waals surface area contributed by atoms with Crippen LogP contribution >= 0.6 is 11.6 Å². The average molecular weight is 304 g/mol. The number of anilines is 2. The van der Waals surface area contributed by atoms with Gasteiger partial charge in [0.15, 0.2) is 0 Å². The van der Waals surface area contributed by atoms with Crippen LogP contribution in [-0.4, -0.2) is 17.4 Å². The maximum absolute atomic E-state index is 12.4. The van der Waals surface area contributed by atoms with Crippen LogP contribution in [0.2, 0.25) is 5.02 Å². The molecule has 0 saturated heterocycles. The minimum atomic E-state index is -0.308. The van der Waals surface area contributed by atoms with Gasteiger partial charge in [-0.15, -0.1) is 0 Å². The van der Waals surface area contributed by atoms with Gasteiger partial charge in [0.05, 0.1) is 5.02 Å². The molecule has 0 radical (unpaired) electrons. The zero-order chi connectivity index (χ0) is 15.4. The second kappa shape index (κ2) is 6.59. The molecule has 1 aromatic carbocycles. The van der Waals surface area contributed by atoms with E-state index in [0.717, 1.165) is 23.4 Å². The molecule has 0 atom stereocenters. The van der Waals surface area contributed by atoms with Crippen LogP contribution in [0, 0.1) is 13.8 Å². The summed E-state index contributed by atoms with van der Waals surface area (Å²) in [5.74, 6) is 0.325. The monoisotopic (exact) mass is 303 g/mol. The van der Waals surface area contributed by atoms with Gasteiger partial charge in [0.2, 0.25) is 0 Å². The number of halogens is 1. The van der Waals surface area contributed by atoms with Crippen LogP contribution in [0.1, 0.15) is 28.5 Å². The smallest absolute Gasteiger partial charge is 0.275 e. The van der Waals surface area contributed by atoms with Crippen LogP contribution in [0.5, 0.6) is 0 Å². The zero-order valence-electron chi connectivity index (χ0n) is 12.3. The third-order valence-electron chi connectivity index (χ3n) is 3.14. The van der Waals surface area contributed by atoms with E-state index in [-0.39, 0.29) is 11.6 Å². The van der Waals surface area contributed by atoms with Gasteiger partial charge in [0.25, 0.3) is 5.91 Å². The lowest BCUT2D eigenvalue weighted by atomic mass is 10.1. The molecule has 4 nitrogen and oxygen atoms in total. The van der Waals surface area contributed by atoms with Gasteiger partial charge in [0.1, 0.15) is 11.5 Å². The Morgan fingerprint density at radius 3 is 2.48 bits per heavy atom. The molecule has 0 aliphatic carbocycles. The predicted octanol–water partition coefficient (Wildman–Crippen LogP) is 4.04. The maximum atomic E-state index is 12.4. The fourth-order valence-corrected chi connectivity index (χ4v) is 2.26. The summed E-state index contributed by atoms with van der Waals surface area (Å²) in [7, 11) is 0. The Labute approximate surface area is 129 Å². The van der Waals surface area contributed by atoms with Crippen LogP contribution < -0.4 is 10.6 Å². The normalized spacial score (nSPS) is 10.3. The van der Waals surface area contributed by atoms with Crippen molar-refractivity contribution in [2.75, 3.05) is 17.2 Å². The van der Waals surface area contributed by atoms with Crippen molar-refractivity contribution in [3.63, 3.8) is 0 Å². The highest BCUT2D eigenvalue weighted by Gasteiger charge is 2.15. The SMILES string of the molecule is CCNc1ccc(Cl)c(C(=O)Nc2c(C)cccc2C)n1. The summed E-state index contributed by atoms with van der Waals surface area (Å²) >= 11 is 6.09. The minimum Gasteiger partial charge on any atom is -0.370 e. The maximum Gasteiger partial charge on any atom is 0.275 e. The molecule has 0 unspecified atom stereocenters. The van der Waals surface area contributed by atoms with E-state index in [0.29, 0.717) is 10.8 Å². The zero-order valence-corrected chi connectivity index (χ0v) is 13.1. The molecule has 2 N–H and O–H groups in total. The molecule has 0 bridgehead atoms. The van der Waals surface area contributed by atoms with Crippen molar-refractivity contribution in [3.8, 4) is 0 Å². The van der Waals surface area contributed by atoms with Crippen molar-refractivity contribution >= 4 is 29.0 Å². The fraction of sp³-hybridized carbons (Fsp3) is 0.250. The molecule has 2 rings (SSSR count). The highest BCUT2D eigenvalue weighted by atomic mass is 35.5. The standard InChI is InChI=1S/C16H18ClN3O/c1-4-18-13-9-8-12(17)15(19-13)16(21)20-14-10(2)6-5-7-11(14)3/h5-9H,4H2,1-3H3,(H,18,19)(H,20,21). The van der Waals surface area contributed by atoms with Crippen LogP contribution in [0.4, 0.5) is 11.5 Å². The predicted molar refractivity (Wildman–Crippen MR) is 87.3 cm³/mol. The summed E-state index contributed by atoms with van der Waals surface area (Å²) in [6.07, 6.45) is 0. The topological polar surface area (TPSA) is 54.0 Å². The van der Waals surface area contributed by atoms with E-state index in [1.807, 2.05) is 39.0 Å². The average Bonchev–Trinajstić information content (AvgIpc) is 2.45. The molecular formula is C16H18ClN3O. The molecule has 5 heteroatoms. The number of rotatable bonds is 4. The third-order valence-corrected chi connectivity index (χ3v) is 3.44. The van der Waals surface area contributed by atoms with Gasteiger partial charge in [-0.05, 0) is 44.0 Å².